The summed E-state index contributed by atoms with van der Waals surface area (Å²) in [5.41, 5.74) is 0.836. The van der Waals surface area contributed by atoms with Gasteiger partial charge in [-0.2, -0.15) is 0 Å². The third-order valence-corrected chi connectivity index (χ3v) is 6.59. The molecule has 1 atom stereocenters. The number of hydrogen-bond donors (Lipinski definition) is 2. The third-order valence-electron chi connectivity index (χ3n) is 2.79. The van der Waals surface area contributed by atoms with Gasteiger partial charge in [-0.25, -0.2) is 18.1 Å². The highest BCUT2D eigenvalue weighted by Crippen LogP contribution is 2.31. The van der Waals surface area contributed by atoms with Gasteiger partial charge in [0.15, 0.2) is 0 Å². The number of aromatic nitrogens is 1. The molecule has 2 rings (SSSR count). The molecule has 110 valence electrons. The van der Waals surface area contributed by atoms with E-state index in [-0.39, 0.29) is 6.04 Å². The molecule has 1 unspecified atom stereocenters. The molecule has 0 saturated carbocycles. The number of thiophene rings is 1. The van der Waals surface area contributed by atoms with Crippen LogP contribution in [0.4, 0.5) is 0 Å². The second kappa shape index (κ2) is 6.31. The van der Waals surface area contributed by atoms with Crippen molar-refractivity contribution in [2.45, 2.75) is 24.1 Å². The van der Waals surface area contributed by atoms with Gasteiger partial charge >= 0.3 is 0 Å². The number of hydrogen-bond acceptors (Lipinski definition) is 6. The molecule has 0 aliphatic rings. The van der Waals surface area contributed by atoms with Crippen LogP contribution in [0.25, 0.3) is 10.6 Å². The van der Waals surface area contributed by atoms with Crippen molar-refractivity contribution in [1.29, 1.82) is 0 Å². The van der Waals surface area contributed by atoms with E-state index in [1.54, 1.807) is 30.5 Å². The molecular weight excluding hydrogens is 314 g/mol. The van der Waals surface area contributed by atoms with Crippen molar-refractivity contribution in [2.24, 2.45) is 0 Å². The number of rotatable bonds is 6. The smallest absolute Gasteiger partial charge is 0.250 e. The molecule has 0 aromatic carbocycles. The minimum Gasteiger partial charge on any atom is -0.316 e. The highest BCUT2D eigenvalue weighted by Gasteiger charge is 2.18. The van der Waals surface area contributed by atoms with Crippen LogP contribution >= 0.6 is 22.7 Å². The first-order valence-corrected chi connectivity index (χ1v) is 9.29. The Balaban J connectivity index is 2.15. The lowest BCUT2D eigenvalue weighted by atomic mass is 10.4. The van der Waals surface area contributed by atoms with E-state index in [1.807, 2.05) is 19.2 Å². The summed E-state index contributed by atoms with van der Waals surface area (Å²) in [6.07, 6.45) is 0. The van der Waals surface area contributed by atoms with Crippen LogP contribution in [0.5, 0.6) is 0 Å². The molecule has 2 N–H and O–H groups in total. The van der Waals surface area contributed by atoms with Gasteiger partial charge in [0.2, 0.25) is 10.0 Å². The SMILES string of the molecule is CNC(C)CNS(=O)(=O)c1ccc(-c2csc(C)n2)s1. The molecule has 0 fully saturated rings. The highest BCUT2D eigenvalue weighted by molar-refractivity contribution is 7.91. The van der Waals surface area contributed by atoms with Crippen molar-refractivity contribution in [3.8, 4) is 10.6 Å². The Bertz CT molecular complexity index is 676. The molecule has 2 aromatic rings. The fraction of sp³-hybridized carbons (Fsp3) is 0.417. The first-order valence-electron chi connectivity index (χ1n) is 6.11. The molecule has 0 radical (unpaired) electrons. The summed E-state index contributed by atoms with van der Waals surface area (Å²) >= 11 is 2.79. The standard InChI is InChI=1S/C12H17N3O2S3/c1-8(13-3)6-14-20(16,17)12-5-4-11(19-12)10-7-18-9(2)15-10/h4-5,7-8,13-14H,6H2,1-3H3. The lowest BCUT2D eigenvalue weighted by molar-refractivity contribution is 0.556. The van der Waals surface area contributed by atoms with Gasteiger partial charge in [-0.05, 0) is 33.0 Å². The average molecular weight is 331 g/mol. The summed E-state index contributed by atoms with van der Waals surface area (Å²) in [7, 11) is -1.64. The van der Waals surface area contributed by atoms with Crippen molar-refractivity contribution in [2.75, 3.05) is 13.6 Å². The zero-order valence-corrected chi connectivity index (χ0v) is 14.0. The quantitative estimate of drug-likeness (QED) is 0.850. The van der Waals surface area contributed by atoms with Gasteiger partial charge in [-0.3, -0.25) is 0 Å². The van der Waals surface area contributed by atoms with E-state index in [0.717, 1.165) is 15.6 Å². The van der Waals surface area contributed by atoms with Gasteiger partial charge in [0.05, 0.1) is 15.6 Å². The van der Waals surface area contributed by atoms with Crippen LogP contribution in [0.15, 0.2) is 21.7 Å². The highest BCUT2D eigenvalue weighted by atomic mass is 32.2. The van der Waals surface area contributed by atoms with Crippen molar-refractivity contribution in [3.05, 3.63) is 22.5 Å². The monoisotopic (exact) mass is 331 g/mol. The summed E-state index contributed by atoms with van der Waals surface area (Å²) in [5, 5.41) is 5.90. The Morgan fingerprint density at radius 1 is 1.40 bits per heavy atom. The van der Waals surface area contributed by atoms with Crippen LogP contribution in [0.2, 0.25) is 0 Å². The molecular formula is C12H17N3O2S3. The Labute approximate surface area is 127 Å². The Kier molecular flexibility index (Phi) is 4.92. The summed E-state index contributed by atoms with van der Waals surface area (Å²) in [4.78, 5) is 5.24. The van der Waals surface area contributed by atoms with E-state index in [0.29, 0.717) is 10.8 Å². The van der Waals surface area contributed by atoms with E-state index in [9.17, 15) is 8.42 Å². The molecule has 20 heavy (non-hydrogen) atoms. The minimum atomic E-state index is -3.44. The molecule has 0 spiro atoms. The van der Waals surface area contributed by atoms with E-state index in [4.69, 9.17) is 0 Å². The molecule has 0 bridgehead atoms. The first-order chi connectivity index (χ1) is 9.42. The lowest BCUT2D eigenvalue weighted by Crippen LogP contribution is -2.36. The number of likely N-dealkylation sites (N-methyl/N-ethyl adjacent to an activating group) is 1. The zero-order valence-electron chi connectivity index (χ0n) is 11.5. The number of sulfonamides is 1. The van der Waals surface area contributed by atoms with Crippen LogP contribution in [0, 0.1) is 6.92 Å². The molecule has 0 saturated heterocycles. The second-order valence-electron chi connectivity index (χ2n) is 4.41. The predicted molar refractivity (Wildman–Crippen MR) is 83.9 cm³/mol. The Morgan fingerprint density at radius 2 is 2.15 bits per heavy atom. The maximum Gasteiger partial charge on any atom is 0.250 e. The van der Waals surface area contributed by atoms with E-state index < -0.39 is 10.0 Å². The summed E-state index contributed by atoms with van der Waals surface area (Å²) in [5.74, 6) is 0. The van der Waals surface area contributed by atoms with Crippen LogP contribution in [0.1, 0.15) is 11.9 Å². The third kappa shape index (κ3) is 3.64. The topological polar surface area (TPSA) is 71.1 Å². The second-order valence-corrected chi connectivity index (χ2v) is 8.55. The van der Waals surface area contributed by atoms with E-state index in [2.05, 4.69) is 15.0 Å². The fourth-order valence-electron chi connectivity index (χ4n) is 1.49. The van der Waals surface area contributed by atoms with Crippen molar-refractivity contribution in [1.82, 2.24) is 15.0 Å². The number of aryl methyl sites for hydroxylation is 1. The minimum absolute atomic E-state index is 0.0883. The van der Waals surface area contributed by atoms with Gasteiger partial charge in [-0.1, -0.05) is 0 Å². The number of nitrogens with one attached hydrogen (secondary N) is 2. The lowest BCUT2D eigenvalue weighted by Gasteiger charge is -2.10. The Morgan fingerprint density at radius 3 is 2.75 bits per heavy atom. The van der Waals surface area contributed by atoms with Gasteiger partial charge in [0, 0.05) is 18.0 Å². The molecule has 8 heteroatoms. The van der Waals surface area contributed by atoms with Gasteiger partial charge in [0.25, 0.3) is 0 Å². The molecule has 2 aromatic heterocycles. The average Bonchev–Trinajstić information content (AvgIpc) is 3.04. The van der Waals surface area contributed by atoms with Crippen LogP contribution < -0.4 is 10.0 Å². The maximum atomic E-state index is 12.2. The molecule has 0 aliphatic heterocycles. The molecule has 2 heterocycles. The van der Waals surface area contributed by atoms with Gasteiger partial charge < -0.3 is 5.32 Å². The molecule has 0 amide bonds. The fourth-order valence-corrected chi connectivity index (χ4v) is 4.62. The molecule has 0 aliphatic carbocycles. The van der Waals surface area contributed by atoms with Crippen molar-refractivity contribution >= 4 is 32.7 Å². The predicted octanol–water partition coefficient (Wildman–Crippen LogP) is 2.07. The molecule has 5 nitrogen and oxygen atoms in total. The zero-order chi connectivity index (χ0) is 14.8. The van der Waals surface area contributed by atoms with Crippen LogP contribution in [-0.4, -0.2) is 33.0 Å². The summed E-state index contributed by atoms with van der Waals surface area (Å²) in [6, 6.07) is 3.52. The Hall–Kier alpha value is -0.800. The van der Waals surface area contributed by atoms with E-state index >= 15 is 0 Å². The van der Waals surface area contributed by atoms with Crippen molar-refractivity contribution < 1.29 is 8.42 Å². The number of thiazole rings is 1. The van der Waals surface area contributed by atoms with Gasteiger partial charge in [0.1, 0.15) is 4.21 Å². The van der Waals surface area contributed by atoms with Gasteiger partial charge in [-0.15, -0.1) is 22.7 Å². The summed E-state index contributed by atoms with van der Waals surface area (Å²) in [6.45, 7) is 4.21. The number of nitrogens with zero attached hydrogens (tertiary/aromatic N) is 1. The summed E-state index contributed by atoms with van der Waals surface area (Å²) < 4.78 is 27.2. The van der Waals surface area contributed by atoms with Crippen LogP contribution in [0.3, 0.4) is 0 Å². The first kappa shape index (κ1) is 15.6. The van der Waals surface area contributed by atoms with Crippen molar-refractivity contribution in [3.63, 3.8) is 0 Å². The maximum absolute atomic E-state index is 12.2. The van der Waals surface area contributed by atoms with E-state index in [1.165, 1.54) is 11.3 Å². The van der Waals surface area contributed by atoms with Crippen LogP contribution in [-0.2, 0) is 10.0 Å². The normalized spacial score (nSPS) is 13.6. The largest absolute Gasteiger partial charge is 0.316 e.